The predicted molar refractivity (Wildman–Crippen MR) is 83.6 cm³/mol. The van der Waals surface area contributed by atoms with Crippen LogP contribution in [0.1, 0.15) is 28.9 Å². The summed E-state index contributed by atoms with van der Waals surface area (Å²) in [5.74, 6) is 1.78. The Morgan fingerprint density at radius 1 is 1.13 bits per heavy atom. The van der Waals surface area contributed by atoms with Gasteiger partial charge in [-0.15, -0.1) is 0 Å². The smallest absolute Gasteiger partial charge is 0.232 e. The van der Waals surface area contributed by atoms with E-state index in [4.69, 9.17) is 4.52 Å². The summed E-state index contributed by atoms with van der Waals surface area (Å²) in [5.41, 5.74) is 2.18. The summed E-state index contributed by atoms with van der Waals surface area (Å²) in [4.78, 5) is 15.3. The van der Waals surface area contributed by atoms with E-state index in [1.807, 2.05) is 42.7 Å². The second kappa shape index (κ2) is 6.26. The number of hydrogen-bond donors (Lipinski definition) is 0. The lowest BCUT2D eigenvalue weighted by molar-refractivity contribution is 0.116. The summed E-state index contributed by atoms with van der Waals surface area (Å²) in [6.45, 7) is 2.74. The molecule has 1 aliphatic rings. The first-order chi connectivity index (χ1) is 11.4. The van der Waals surface area contributed by atoms with Gasteiger partial charge in [-0.05, 0) is 23.8 Å². The molecule has 0 atom stereocenters. The molecule has 6 nitrogen and oxygen atoms in total. The van der Waals surface area contributed by atoms with Crippen molar-refractivity contribution < 1.29 is 4.52 Å². The molecule has 3 aromatic heterocycles. The van der Waals surface area contributed by atoms with Gasteiger partial charge < -0.3 is 4.52 Å². The van der Waals surface area contributed by atoms with Gasteiger partial charge in [0, 0.05) is 44.6 Å². The van der Waals surface area contributed by atoms with Crippen molar-refractivity contribution >= 4 is 0 Å². The van der Waals surface area contributed by atoms with Crippen LogP contribution in [-0.2, 0) is 13.0 Å². The summed E-state index contributed by atoms with van der Waals surface area (Å²) in [5, 5.41) is 4.08. The van der Waals surface area contributed by atoms with Crippen LogP contribution in [-0.4, -0.2) is 38.1 Å². The largest absolute Gasteiger partial charge is 0.339 e. The highest BCUT2D eigenvalue weighted by molar-refractivity contribution is 5.14. The molecule has 0 radical (unpaired) electrons. The lowest BCUT2D eigenvalue weighted by Crippen LogP contribution is -2.44. The zero-order chi connectivity index (χ0) is 15.5. The number of hydrogen-bond acceptors (Lipinski definition) is 6. The highest BCUT2D eigenvalue weighted by Crippen LogP contribution is 2.27. The van der Waals surface area contributed by atoms with E-state index in [1.54, 1.807) is 6.20 Å². The van der Waals surface area contributed by atoms with Gasteiger partial charge in [-0.1, -0.05) is 17.3 Å². The Morgan fingerprint density at radius 2 is 2.09 bits per heavy atom. The first kappa shape index (κ1) is 14.0. The van der Waals surface area contributed by atoms with Crippen LogP contribution in [0, 0.1) is 0 Å². The SMILES string of the molecule is c1ccc(CN2CC(c3nc(Cc4cccnc4)no3)C2)nc1. The summed E-state index contributed by atoms with van der Waals surface area (Å²) >= 11 is 0. The van der Waals surface area contributed by atoms with E-state index in [0.29, 0.717) is 12.3 Å². The molecule has 0 bridgehead atoms. The maximum absolute atomic E-state index is 5.42. The molecule has 4 heterocycles. The normalized spacial score (nSPS) is 15.5. The third kappa shape index (κ3) is 3.27. The van der Waals surface area contributed by atoms with Crippen molar-refractivity contribution in [2.75, 3.05) is 13.1 Å². The third-order valence-corrected chi connectivity index (χ3v) is 3.99. The lowest BCUT2D eigenvalue weighted by atomic mass is 10.00. The molecular weight excluding hydrogens is 290 g/mol. The average molecular weight is 307 g/mol. The van der Waals surface area contributed by atoms with Crippen LogP contribution in [0.15, 0.2) is 53.4 Å². The molecule has 1 saturated heterocycles. The van der Waals surface area contributed by atoms with E-state index in [9.17, 15) is 0 Å². The Labute approximate surface area is 134 Å². The molecule has 1 aliphatic heterocycles. The van der Waals surface area contributed by atoms with Gasteiger partial charge in [0.15, 0.2) is 5.82 Å². The molecule has 0 unspecified atom stereocenters. The average Bonchev–Trinajstić information content (AvgIpc) is 3.00. The van der Waals surface area contributed by atoms with Gasteiger partial charge in [-0.25, -0.2) is 0 Å². The molecule has 6 heteroatoms. The van der Waals surface area contributed by atoms with Gasteiger partial charge in [-0.3, -0.25) is 14.9 Å². The fourth-order valence-corrected chi connectivity index (χ4v) is 2.77. The first-order valence-electron chi connectivity index (χ1n) is 7.70. The van der Waals surface area contributed by atoms with Crippen molar-refractivity contribution in [3.63, 3.8) is 0 Å². The summed E-state index contributed by atoms with van der Waals surface area (Å²) in [6.07, 6.45) is 6.07. The minimum atomic E-state index is 0.328. The predicted octanol–water partition coefficient (Wildman–Crippen LogP) is 2.05. The number of likely N-dealkylation sites (tertiary alicyclic amines) is 1. The molecule has 0 amide bonds. The molecule has 3 aromatic rings. The van der Waals surface area contributed by atoms with Gasteiger partial charge in [0.1, 0.15) is 0 Å². The Kier molecular flexibility index (Phi) is 3.81. The second-order valence-corrected chi connectivity index (χ2v) is 5.80. The summed E-state index contributed by atoms with van der Waals surface area (Å²) in [6, 6.07) is 9.93. The Morgan fingerprint density at radius 3 is 2.87 bits per heavy atom. The third-order valence-electron chi connectivity index (χ3n) is 3.99. The Balaban J connectivity index is 1.32. The quantitative estimate of drug-likeness (QED) is 0.718. The van der Waals surface area contributed by atoms with Gasteiger partial charge in [0.05, 0.1) is 11.6 Å². The standard InChI is InChI=1S/C17H17N5O/c1-2-7-19-15(5-1)12-22-10-14(11-22)17-20-16(21-23-17)8-13-4-3-6-18-9-13/h1-7,9,14H,8,10-12H2. The Hall–Kier alpha value is -2.60. The van der Waals surface area contributed by atoms with E-state index >= 15 is 0 Å². The molecule has 0 N–H and O–H groups in total. The van der Waals surface area contributed by atoms with Crippen molar-refractivity contribution in [1.82, 2.24) is 25.0 Å². The zero-order valence-corrected chi connectivity index (χ0v) is 12.7. The first-order valence-corrected chi connectivity index (χ1v) is 7.70. The topological polar surface area (TPSA) is 67.9 Å². The molecule has 1 fully saturated rings. The minimum absolute atomic E-state index is 0.328. The number of nitrogens with zero attached hydrogens (tertiary/aromatic N) is 5. The van der Waals surface area contributed by atoms with E-state index in [2.05, 4.69) is 25.0 Å². The van der Waals surface area contributed by atoms with Crippen LogP contribution in [0.3, 0.4) is 0 Å². The highest BCUT2D eigenvalue weighted by Gasteiger charge is 2.32. The number of rotatable bonds is 5. The molecule has 0 saturated carbocycles. The van der Waals surface area contributed by atoms with Crippen molar-refractivity contribution in [3.05, 3.63) is 71.9 Å². The zero-order valence-electron chi connectivity index (χ0n) is 12.7. The Bertz CT molecular complexity index is 753. The highest BCUT2D eigenvalue weighted by atomic mass is 16.5. The van der Waals surface area contributed by atoms with Crippen molar-refractivity contribution in [2.45, 2.75) is 18.9 Å². The van der Waals surface area contributed by atoms with Crippen LogP contribution in [0.2, 0.25) is 0 Å². The minimum Gasteiger partial charge on any atom is -0.339 e. The fourth-order valence-electron chi connectivity index (χ4n) is 2.77. The van der Waals surface area contributed by atoms with Crippen LogP contribution < -0.4 is 0 Å². The molecular formula is C17H17N5O. The van der Waals surface area contributed by atoms with Crippen LogP contribution in [0.25, 0.3) is 0 Å². The van der Waals surface area contributed by atoms with E-state index in [-0.39, 0.29) is 0 Å². The van der Waals surface area contributed by atoms with Crippen molar-refractivity contribution in [2.24, 2.45) is 0 Å². The van der Waals surface area contributed by atoms with Crippen LogP contribution in [0.5, 0.6) is 0 Å². The fraction of sp³-hybridized carbons (Fsp3) is 0.294. The molecule has 116 valence electrons. The molecule has 0 aromatic carbocycles. The van der Waals surface area contributed by atoms with Gasteiger partial charge in [0.2, 0.25) is 5.89 Å². The molecule has 4 rings (SSSR count). The van der Waals surface area contributed by atoms with Crippen molar-refractivity contribution in [1.29, 1.82) is 0 Å². The number of aromatic nitrogens is 4. The number of pyridine rings is 2. The van der Waals surface area contributed by atoms with E-state index < -0.39 is 0 Å². The van der Waals surface area contributed by atoms with Gasteiger partial charge in [0.25, 0.3) is 0 Å². The summed E-state index contributed by atoms with van der Waals surface area (Å²) in [7, 11) is 0. The maximum Gasteiger partial charge on any atom is 0.232 e. The van der Waals surface area contributed by atoms with E-state index in [1.165, 1.54) is 0 Å². The molecule has 0 aliphatic carbocycles. The summed E-state index contributed by atoms with van der Waals surface area (Å²) < 4.78 is 5.42. The molecule has 23 heavy (non-hydrogen) atoms. The second-order valence-electron chi connectivity index (χ2n) is 5.80. The van der Waals surface area contributed by atoms with Crippen LogP contribution in [0.4, 0.5) is 0 Å². The van der Waals surface area contributed by atoms with Crippen LogP contribution >= 0.6 is 0 Å². The van der Waals surface area contributed by atoms with Gasteiger partial charge in [-0.2, -0.15) is 4.98 Å². The van der Waals surface area contributed by atoms with Gasteiger partial charge >= 0.3 is 0 Å². The lowest BCUT2D eigenvalue weighted by Gasteiger charge is -2.36. The monoisotopic (exact) mass is 307 g/mol. The maximum atomic E-state index is 5.42. The van der Waals surface area contributed by atoms with E-state index in [0.717, 1.165) is 42.6 Å². The van der Waals surface area contributed by atoms with Crippen molar-refractivity contribution in [3.8, 4) is 0 Å². The molecule has 0 spiro atoms.